The van der Waals surface area contributed by atoms with Gasteiger partial charge in [-0.05, 0) is 107 Å². The maximum Gasteiger partial charge on any atom is 0.0547 e. The molecular weight excluding hydrogens is 579 g/mol. The zero-order valence-electron chi connectivity index (χ0n) is 28.1. The fourth-order valence-electron chi connectivity index (χ4n) is 7.35. The van der Waals surface area contributed by atoms with Crippen molar-refractivity contribution in [2.75, 3.05) is 0 Å². The highest BCUT2D eigenvalue weighted by Gasteiger charge is 2.15. The highest BCUT2D eigenvalue weighted by Crippen LogP contribution is 2.38. The van der Waals surface area contributed by atoms with Crippen LogP contribution in [0.3, 0.4) is 0 Å². The van der Waals surface area contributed by atoms with Crippen molar-refractivity contribution in [3.8, 4) is 50.2 Å². The van der Waals surface area contributed by atoms with Crippen LogP contribution in [-0.2, 0) is 6.42 Å². The minimum atomic E-state index is 1.03. The summed E-state index contributed by atoms with van der Waals surface area (Å²) in [7, 11) is 0. The molecule has 0 unspecified atom stereocenters. The van der Waals surface area contributed by atoms with Crippen LogP contribution < -0.4 is 0 Å². The fraction of sp³-hybridized carbons (Fsp3) is 0.106. The first-order valence-corrected chi connectivity index (χ1v) is 17.0. The van der Waals surface area contributed by atoms with E-state index in [1.807, 2.05) is 0 Å². The molecule has 0 saturated heterocycles. The summed E-state index contributed by atoms with van der Waals surface area (Å²) in [5.74, 6) is 0. The van der Waals surface area contributed by atoms with Crippen LogP contribution in [-0.4, -0.2) is 4.57 Å². The van der Waals surface area contributed by atoms with Crippen molar-refractivity contribution in [3.63, 3.8) is 0 Å². The first kappa shape index (κ1) is 29.7. The predicted octanol–water partition coefficient (Wildman–Crippen LogP) is 12.9. The van der Waals surface area contributed by atoms with E-state index in [9.17, 15) is 0 Å². The van der Waals surface area contributed by atoms with E-state index in [-0.39, 0.29) is 0 Å². The lowest BCUT2D eigenvalue weighted by Gasteiger charge is -2.12. The Kier molecular flexibility index (Phi) is 7.54. The summed E-state index contributed by atoms with van der Waals surface area (Å²) in [6, 6.07) is 56.2. The average molecular weight is 618 g/mol. The number of aryl methyl sites for hydroxylation is 4. The molecule has 0 bridgehead atoms. The number of para-hydroxylation sites is 1. The normalized spacial score (nSPS) is 11.4. The molecule has 8 aromatic rings. The smallest absolute Gasteiger partial charge is 0.0547 e. The first-order chi connectivity index (χ1) is 23.5. The van der Waals surface area contributed by atoms with Crippen LogP contribution in [0.4, 0.5) is 0 Å². The summed E-state index contributed by atoms with van der Waals surface area (Å²) in [4.78, 5) is 0. The summed E-state index contributed by atoms with van der Waals surface area (Å²) >= 11 is 0. The van der Waals surface area contributed by atoms with Gasteiger partial charge in [-0.1, -0.05) is 145 Å². The Morgan fingerprint density at radius 3 is 1.44 bits per heavy atom. The quantitative estimate of drug-likeness (QED) is 0.175. The second kappa shape index (κ2) is 12.2. The number of nitrogens with zero attached hydrogens (tertiary/aromatic N) is 1. The third-order valence-electron chi connectivity index (χ3n) is 9.86. The van der Waals surface area contributed by atoms with E-state index in [1.54, 1.807) is 0 Å². The Morgan fingerprint density at radius 2 is 0.896 bits per heavy atom. The highest BCUT2D eigenvalue weighted by molar-refractivity contribution is 6.11. The van der Waals surface area contributed by atoms with E-state index in [1.165, 1.54) is 94.3 Å². The molecule has 0 fully saturated rings. The monoisotopic (exact) mass is 617 g/mol. The van der Waals surface area contributed by atoms with Gasteiger partial charge in [-0.3, -0.25) is 0 Å². The number of aromatic nitrogens is 1. The van der Waals surface area contributed by atoms with Crippen molar-refractivity contribution < 1.29 is 0 Å². The van der Waals surface area contributed by atoms with E-state index in [4.69, 9.17) is 0 Å². The molecule has 0 spiro atoms. The Hall–Kier alpha value is -5.66. The Morgan fingerprint density at radius 1 is 0.417 bits per heavy atom. The van der Waals surface area contributed by atoms with Crippen LogP contribution in [0.5, 0.6) is 0 Å². The number of rotatable bonds is 6. The molecule has 0 aliphatic rings. The van der Waals surface area contributed by atoms with Crippen LogP contribution in [0.2, 0.25) is 0 Å². The molecule has 7 aromatic carbocycles. The van der Waals surface area contributed by atoms with Crippen molar-refractivity contribution in [1.82, 2.24) is 4.57 Å². The Balaban J connectivity index is 1.21. The molecule has 0 radical (unpaired) electrons. The zero-order valence-corrected chi connectivity index (χ0v) is 28.1. The molecule has 1 heterocycles. The van der Waals surface area contributed by atoms with Gasteiger partial charge in [0, 0.05) is 16.5 Å². The van der Waals surface area contributed by atoms with Gasteiger partial charge < -0.3 is 4.57 Å². The largest absolute Gasteiger partial charge is 0.309 e. The van der Waals surface area contributed by atoms with Crippen LogP contribution in [0.25, 0.3) is 72.0 Å². The summed E-state index contributed by atoms with van der Waals surface area (Å²) < 4.78 is 2.43. The van der Waals surface area contributed by atoms with Gasteiger partial charge in [0.25, 0.3) is 0 Å². The SMILES string of the molecule is CCc1cc(C)ccc1-c1ccc(-c2ccc3c4ccc(-c5ccc(-c6ccc(C)cc6C)cc5)cc4n(-c4ccccc4)c3c2)cc1. The van der Waals surface area contributed by atoms with Crippen LogP contribution in [0, 0.1) is 20.8 Å². The lowest BCUT2D eigenvalue weighted by atomic mass is 9.94. The number of fused-ring (bicyclic) bond motifs is 3. The van der Waals surface area contributed by atoms with Crippen molar-refractivity contribution in [3.05, 3.63) is 174 Å². The summed E-state index contributed by atoms with van der Waals surface area (Å²) in [6.07, 6.45) is 1.03. The molecule has 1 nitrogen and oxygen atoms in total. The van der Waals surface area contributed by atoms with Gasteiger partial charge in [-0.15, -0.1) is 0 Å². The number of hydrogen-bond acceptors (Lipinski definition) is 0. The third-order valence-corrected chi connectivity index (χ3v) is 9.86. The molecule has 48 heavy (non-hydrogen) atoms. The lowest BCUT2D eigenvalue weighted by Crippen LogP contribution is -1.94. The van der Waals surface area contributed by atoms with Gasteiger partial charge in [0.05, 0.1) is 11.0 Å². The molecule has 232 valence electrons. The van der Waals surface area contributed by atoms with Crippen LogP contribution in [0.15, 0.2) is 152 Å². The van der Waals surface area contributed by atoms with Crippen molar-refractivity contribution in [1.29, 1.82) is 0 Å². The molecule has 0 atom stereocenters. The van der Waals surface area contributed by atoms with E-state index in [0.717, 1.165) is 6.42 Å². The van der Waals surface area contributed by atoms with Crippen LogP contribution >= 0.6 is 0 Å². The van der Waals surface area contributed by atoms with Gasteiger partial charge in [0.1, 0.15) is 0 Å². The van der Waals surface area contributed by atoms with Gasteiger partial charge in [-0.2, -0.15) is 0 Å². The molecule has 0 amide bonds. The van der Waals surface area contributed by atoms with Gasteiger partial charge in [0.15, 0.2) is 0 Å². The minimum absolute atomic E-state index is 1.03. The topological polar surface area (TPSA) is 4.93 Å². The second-order valence-corrected chi connectivity index (χ2v) is 13.1. The molecular formula is C47H39N. The number of benzene rings is 7. The molecule has 0 aliphatic carbocycles. The maximum absolute atomic E-state index is 2.43. The maximum atomic E-state index is 2.43. The number of hydrogen-bond donors (Lipinski definition) is 0. The molecule has 0 N–H and O–H groups in total. The molecule has 1 aromatic heterocycles. The van der Waals surface area contributed by atoms with E-state index in [0.29, 0.717) is 0 Å². The predicted molar refractivity (Wildman–Crippen MR) is 206 cm³/mol. The lowest BCUT2D eigenvalue weighted by molar-refractivity contribution is 1.13. The van der Waals surface area contributed by atoms with E-state index >= 15 is 0 Å². The van der Waals surface area contributed by atoms with E-state index in [2.05, 4.69) is 184 Å². The summed E-state index contributed by atoms with van der Waals surface area (Å²) in [5, 5.41) is 2.52. The van der Waals surface area contributed by atoms with Gasteiger partial charge in [-0.25, -0.2) is 0 Å². The Labute approximate surface area is 283 Å². The minimum Gasteiger partial charge on any atom is -0.309 e. The molecule has 0 aliphatic heterocycles. The third kappa shape index (κ3) is 5.32. The van der Waals surface area contributed by atoms with Crippen molar-refractivity contribution >= 4 is 21.8 Å². The van der Waals surface area contributed by atoms with Gasteiger partial charge >= 0.3 is 0 Å². The Bertz CT molecular complexity index is 2420. The first-order valence-electron chi connectivity index (χ1n) is 17.0. The standard InChI is InChI=1S/C47H39N/c1-5-34-28-32(3)12-24-43(34)38-19-15-36(16-20-38)40-22-26-45-44-25-21-39(29-46(44)48(47(45)30-40)41-9-7-6-8-10-41)35-13-17-37(18-14-35)42-23-11-31(2)27-33(42)4/h6-30H,5H2,1-4H3. The zero-order chi connectivity index (χ0) is 32.8. The molecule has 1 heteroatoms. The van der Waals surface area contributed by atoms with Crippen molar-refractivity contribution in [2.24, 2.45) is 0 Å². The van der Waals surface area contributed by atoms with Crippen LogP contribution in [0.1, 0.15) is 29.2 Å². The van der Waals surface area contributed by atoms with E-state index < -0.39 is 0 Å². The molecule has 0 saturated carbocycles. The second-order valence-electron chi connectivity index (χ2n) is 13.1. The average Bonchev–Trinajstić information content (AvgIpc) is 3.45. The fourth-order valence-corrected chi connectivity index (χ4v) is 7.35. The molecule has 8 rings (SSSR count). The van der Waals surface area contributed by atoms with Gasteiger partial charge in [0.2, 0.25) is 0 Å². The highest BCUT2D eigenvalue weighted by atomic mass is 15.0. The van der Waals surface area contributed by atoms with Crippen molar-refractivity contribution in [2.45, 2.75) is 34.1 Å². The summed E-state index contributed by atoms with van der Waals surface area (Å²) in [5.41, 5.74) is 18.9. The summed E-state index contributed by atoms with van der Waals surface area (Å²) in [6.45, 7) is 8.75.